The Hall–Kier alpha value is -1.01. The van der Waals surface area contributed by atoms with E-state index in [1.165, 1.54) is 7.11 Å². The third kappa shape index (κ3) is 3.76. The van der Waals surface area contributed by atoms with Gasteiger partial charge in [-0.15, -0.1) is 12.4 Å². The first-order valence-electron chi connectivity index (χ1n) is 6.14. The minimum atomic E-state index is -0.461. The van der Waals surface area contributed by atoms with Crippen LogP contribution in [0.4, 0.5) is 5.69 Å². The average Bonchev–Trinajstić information content (AvgIpc) is 2.88. The van der Waals surface area contributed by atoms with E-state index in [-0.39, 0.29) is 24.4 Å². The minimum Gasteiger partial charge on any atom is -0.493 e. The SMILES string of the molecule is COc1c(Cl)cccc1NC(=O)[C@@H]1CC[C@H](CN)O1.Cl. The lowest BCUT2D eigenvalue weighted by atomic mass is 10.2. The van der Waals surface area contributed by atoms with Crippen LogP contribution in [0.1, 0.15) is 12.8 Å². The van der Waals surface area contributed by atoms with Crippen LogP contribution in [-0.4, -0.2) is 31.8 Å². The first kappa shape index (κ1) is 17.0. The molecular weight excluding hydrogens is 303 g/mol. The van der Waals surface area contributed by atoms with Crippen molar-refractivity contribution in [2.75, 3.05) is 19.0 Å². The van der Waals surface area contributed by atoms with Crippen molar-refractivity contribution in [3.63, 3.8) is 0 Å². The van der Waals surface area contributed by atoms with E-state index in [2.05, 4.69) is 5.32 Å². The van der Waals surface area contributed by atoms with Crippen molar-refractivity contribution in [1.29, 1.82) is 0 Å². The van der Waals surface area contributed by atoms with Crippen molar-refractivity contribution in [3.8, 4) is 5.75 Å². The molecule has 0 unspecified atom stereocenters. The summed E-state index contributed by atoms with van der Waals surface area (Å²) < 4.78 is 10.7. The van der Waals surface area contributed by atoms with Crippen molar-refractivity contribution >= 4 is 35.6 Å². The van der Waals surface area contributed by atoms with Crippen LogP contribution in [0, 0.1) is 0 Å². The molecule has 112 valence electrons. The summed E-state index contributed by atoms with van der Waals surface area (Å²) in [4.78, 5) is 12.1. The normalized spacial score (nSPS) is 21.1. The van der Waals surface area contributed by atoms with Crippen molar-refractivity contribution < 1.29 is 14.3 Å². The highest BCUT2D eigenvalue weighted by molar-refractivity contribution is 6.32. The van der Waals surface area contributed by atoms with Crippen molar-refractivity contribution in [3.05, 3.63) is 23.2 Å². The van der Waals surface area contributed by atoms with Gasteiger partial charge in [-0.25, -0.2) is 0 Å². The molecule has 0 spiro atoms. The van der Waals surface area contributed by atoms with Crippen molar-refractivity contribution in [2.24, 2.45) is 5.73 Å². The number of benzene rings is 1. The van der Waals surface area contributed by atoms with E-state index in [9.17, 15) is 4.79 Å². The molecule has 1 heterocycles. The van der Waals surface area contributed by atoms with Gasteiger partial charge in [-0.3, -0.25) is 4.79 Å². The van der Waals surface area contributed by atoms with E-state index in [0.29, 0.717) is 29.4 Å². The molecule has 0 saturated carbocycles. The highest BCUT2D eigenvalue weighted by Crippen LogP contribution is 2.33. The van der Waals surface area contributed by atoms with Gasteiger partial charge in [-0.05, 0) is 25.0 Å². The van der Waals surface area contributed by atoms with Gasteiger partial charge in [0.2, 0.25) is 0 Å². The maximum atomic E-state index is 12.1. The van der Waals surface area contributed by atoms with E-state index >= 15 is 0 Å². The Morgan fingerprint density at radius 3 is 2.90 bits per heavy atom. The Balaban J connectivity index is 0.00000200. The second-order valence-electron chi connectivity index (χ2n) is 4.37. The number of nitrogens with two attached hydrogens (primary N) is 1. The predicted molar refractivity (Wildman–Crippen MR) is 80.8 cm³/mol. The average molecular weight is 321 g/mol. The number of methoxy groups -OCH3 is 1. The zero-order chi connectivity index (χ0) is 13.8. The summed E-state index contributed by atoms with van der Waals surface area (Å²) in [6.07, 6.45) is 0.993. The summed E-state index contributed by atoms with van der Waals surface area (Å²) >= 11 is 5.99. The van der Waals surface area contributed by atoms with Crippen LogP contribution >= 0.6 is 24.0 Å². The van der Waals surface area contributed by atoms with Gasteiger partial charge >= 0.3 is 0 Å². The fraction of sp³-hybridized carbons (Fsp3) is 0.462. The molecule has 3 N–H and O–H groups in total. The van der Waals surface area contributed by atoms with E-state index < -0.39 is 6.10 Å². The molecule has 1 aliphatic heterocycles. The monoisotopic (exact) mass is 320 g/mol. The number of hydrogen-bond donors (Lipinski definition) is 2. The molecule has 1 aliphatic rings. The fourth-order valence-electron chi connectivity index (χ4n) is 2.10. The standard InChI is InChI=1S/C13H17ClN2O3.ClH/c1-18-12-9(14)3-2-4-10(12)16-13(17)11-6-5-8(7-15)19-11;/h2-4,8,11H,5-7,15H2,1H3,(H,16,17);1H/t8-,11+;/m1./s1. The van der Waals surface area contributed by atoms with Crippen molar-refractivity contribution in [2.45, 2.75) is 25.0 Å². The van der Waals surface area contributed by atoms with Gasteiger partial charge < -0.3 is 20.5 Å². The second-order valence-corrected chi connectivity index (χ2v) is 4.78. The van der Waals surface area contributed by atoms with Gasteiger partial charge in [0.1, 0.15) is 6.10 Å². The summed E-state index contributed by atoms with van der Waals surface area (Å²) in [5, 5.41) is 3.23. The number of para-hydroxylation sites is 1. The number of ether oxygens (including phenoxy) is 2. The van der Waals surface area contributed by atoms with Crippen molar-refractivity contribution in [1.82, 2.24) is 0 Å². The largest absolute Gasteiger partial charge is 0.493 e. The molecule has 0 bridgehead atoms. The molecule has 0 aliphatic carbocycles. The summed E-state index contributed by atoms with van der Waals surface area (Å²) in [6.45, 7) is 0.435. The van der Waals surface area contributed by atoms with Crippen LogP contribution in [0.15, 0.2) is 18.2 Å². The molecule has 1 amide bonds. The number of hydrogen-bond acceptors (Lipinski definition) is 4. The quantitative estimate of drug-likeness (QED) is 0.892. The summed E-state index contributed by atoms with van der Waals surface area (Å²) in [7, 11) is 1.51. The van der Waals surface area contributed by atoms with E-state index in [4.69, 9.17) is 26.8 Å². The van der Waals surface area contributed by atoms with E-state index in [1.807, 2.05) is 0 Å². The van der Waals surface area contributed by atoms with Gasteiger partial charge in [0, 0.05) is 6.54 Å². The fourth-order valence-corrected chi connectivity index (χ4v) is 2.35. The molecule has 5 nitrogen and oxygen atoms in total. The summed E-state index contributed by atoms with van der Waals surface area (Å²) in [5.74, 6) is 0.252. The third-order valence-corrected chi connectivity index (χ3v) is 3.39. The Morgan fingerprint density at radius 1 is 1.55 bits per heavy atom. The molecule has 1 aromatic carbocycles. The smallest absolute Gasteiger partial charge is 0.253 e. The summed E-state index contributed by atoms with van der Waals surface area (Å²) in [6, 6.07) is 5.18. The van der Waals surface area contributed by atoms with Crippen LogP contribution in [0.25, 0.3) is 0 Å². The Morgan fingerprint density at radius 2 is 2.30 bits per heavy atom. The maximum absolute atomic E-state index is 12.1. The highest BCUT2D eigenvalue weighted by atomic mass is 35.5. The van der Waals surface area contributed by atoms with Crippen LogP contribution in [-0.2, 0) is 9.53 Å². The second kappa shape index (κ2) is 7.69. The van der Waals surface area contributed by atoms with Crippen LogP contribution in [0.2, 0.25) is 5.02 Å². The van der Waals surface area contributed by atoms with E-state index in [1.54, 1.807) is 18.2 Å². The Bertz CT molecular complexity index is 471. The number of nitrogens with one attached hydrogen (secondary N) is 1. The molecular formula is C13H18Cl2N2O3. The lowest BCUT2D eigenvalue weighted by Crippen LogP contribution is -2.29. The lowest BCUT2D eigenvalue weighted by Gasteiger charge is -2.15. The topological polar surface area (TPSA) is 73.6 Å². The Labute approximate surface area is 129 Å². The van der Waals surface area contributed by atoms with Crippen LogP contribution in [0.3, 0.4) is 0 Å². The summed E-state index contributed by atoms with van der Waals surface area (Å²) in [5.41, 5.74) is 6.06. The van der Waals surface area contributed by atoms with Gasteiger partial charge in [0.25, 0.3) is 5.91 Å². The first-order valence-corrected chi connectivity index (χ1v) is 6.52. The number of amides is 1. The molecule has 1 fully saturated rings. The number of halogens is 2. The first-order chi connectivity index (χ1) is 9.15. The van der Waals surface area contributed by atoms with Gasteiger partial charge in [-0.1, -0.05) is 17.7 Å². The molecule has 0 aromatic heterocycles. The molecule has 1 aromatic rings. The lowest BCUT2D eigenvalue weighted by molar-refractivity contribution is -0.126. The molecule has 7 heteroatoms. The van der Waals surface area contributed by atoms with E-state index in [0.717, 1.165) is 6.42 Å². The zero-order valence-corrected chi connectivity index (χ0v) is 12.7. The maximum Gasteiger partial charge on any atom is 0.253 e. The predicted octanol–water partition coefficient (Wildman–Crippen LogP) is 2.22. The minimum absolute atomic E-state index is 0. The molecule has 20 heavy (non-hydrogen) atoms. The molecule has 2 atom stereocenters. The number of carbonyl (C=O) groups is 1. The molecule has 2 rings (SSSR count). The zero-order valence-electron chi connectivity index (χ0n) is 11.1. The number of carbonyl (C=O) groups excluding carboxylic acids is 1. The number of anilines is 1. The highest BCUT2D eigenvalue weighted by Gasteiger charge is 2.30. The van der Waals surface area contributed by atoms with Crippen LogP contribution in [0.5, 0.6) is 5.75 Å². The van der Waals surface area contributed by atoms with Gasteiger partial charge in [-0.2, -0.15) is 0 Å². The van der Waals surface area contributed by atoms with Gasteiger partial charge in [0.15, 0.2) is 5.75 Å². The molecule has 0 radical (unpaired) electrons. The van der Waals surface area contributed by atoms with Crippen LogP contribution < -0.4 is 15.8 Å². The molecule has 1 saturated heterocycles. The third-order valence-electron chi connectivity index (χ3n) is 3.09. The van der Waals surface area contributed by atoms with Gasteiger partial charge in [0.05, 0.1) is 23.9 Å². The Kier molecular flexibility index (Phi) is 6.55. The number of rotatable bonds is 4.